The van der Waals surface area contributed by atoms with Gasteiger partial charge in [0.15, 0.2) is 0 Å². The first-order valence-electron chi connectivity index (χ1n) is 6.51. The van der Waals surface area contributed by atoms with E-state index in [1.165, 1.54) is 5.56 Å². The quantitative estimate of drug-likeness (QED) is 0.701. The maximum Gasteiger partial charge on any atom is 0.0789 e. The lowest BCUT2D eigenvalue weighted by Gasteiger charge is -2.25. The molecule has 0 radical (unpaired) electrons. The molecule has 0 bridgehead atoms. The number of hydrogen-bond donors (Lipinski definition) is 4. The van der Waals surface area contributed by atoms with E-state index in [2.05, 4.69) is 10.3 Å². The van der Waals surface area contributed by atoms with E-state index in [1.807, 2.05) is 18.2 Å². The van der Waals surface area contributed by atoms with E-state index in [9.17, 15) is 5.11 Å². The van der Waals surface area contributed by atoms with Crippen molar-refractivity contribution in [1.29, 1.82) is 0 Å². The van der Waals surface area contributed by atoms with Gasteiger partial charge in [0.2, 0.25) is 0 Å². The van der Waals surface area contributed by atoms with Gasteiger partial charge < -0.3 is 20.5 Å². The number of benzene rings is 1. The fourth-order valence-electron chi connectivity index (χ4n) is 2.83. The second-order valence-corrected chi connectivity index (χ2v) is 5.47. The van der Waals surface area contributed by atoms with Gasteiger partial charge in [0.25, 0.3) is 0 Å². The number of aromatic amines is 1. The molecule has 0 aliphatic carbocycles. The Morgan fingerprint density at radius 3 is 2.95 bits per heavy atom. The van der Waals surface area contributed by atoms with E-state index in [0.29, 0.717) is 6.42 Å². The van der Waals surface area contributed by atoms with Crippen LogP contribution in [0.1, 0.15) is 23.7 Å². The second kappa shape index (κ2) is 6.33. The highest BCUT2D eigenvalue weighted by atomic mass is 35.5. The molecule has 110 valence electrons. The Morgan fingerprint density at radius 1 is 1.40 bits per heavy atom. The van der Waals surface area contributed by atoms with Gasteiger partial charge in [-0.2, -0.15) is 0 Å². The highest BCUT2D eigenvalue weighted by Crippen LogP contribution is 2.33. The molecule has 2 heterocycles. The fraction of sp³-hybridized carbons (Fsp3) is 0.429. The summed E-state index contributed by atoms with van der Waals surface area (Å²) in [5.74, 6) is 0. The number of aliphatic hydroxyl groups is 2. The van der Waals surface area contributed by atoms with Crippen LogP contribution < -0.4 is 5.32 Å². The Kier molecular flexibility index (Phi) is 4.94. The molecule has 1 aliphatic rings. The van der Waals surface area contributed by atoms with Crippen molar-refractivity contribution in [3.63, 3.8) is 0 Å². The van der Waals surface area contributed by atoms with Crippen molar-refractivity contribution in [1.82, 2.24) is 10.3 Å². The van der Waals surface area contributed by atoms with Crippen LogP contribution in [0.5, 0.6) is 0 Å². The van der Waals surface area contributed by atoms with Gasteiger partial charge in [-0.3, -0.25) is 0 Å². The van der Waals surface area contributed by atoms with E-state index in [4.69, 9.17) is 16.7 Å². The Balaban J connectivity index is 0.00000147. The van der Waals surface area contributed by atoms with Gasteiger partial charge in [0.1, 0.15) is 0 Å². The zero-order valence-electron chi connectivity index (χ0n) is 10.9. The van der Waals surface area contributed by atoms with Crippen molar-refractivity contribution in [3.05, 3.63) is 34.5 Å². The third-order valence-electron chi connectivity index (χ3n) is 3.73. The molecule has 2 atom stereocenters. The maximum absolute atomic E-state index is 9.63. The lowest BCUT2D eigenvalue weighted by Crippen LogP contribution is -2.33. The third-order valence-corrected chi connectivity index (χ3v) is 3.97. The van der Waals surface area contributed by atoms with Gasteiger partial charge in [-0.15, -0.1) is 12.4 Å². The minimum atomic E-state index is -0.696. The Hall–Kier alpha value is -0.780. The van der Waals surface area contributed by atoms with Gasteiger partial charge in [-0.05, 0) is 43.1 Å². The van der Waals surface area contributed by atoms with Crippen LogP contribution in [0.15, 0.2) is 18.2 Å². The molecule has 0 amide bonds. The summed E-state index contributed by atoms with van der Waals surface area (Å²) < 4.78 is 0. The second-order valence-electron chi connectivity index (χ2n) is 5.04. The molecule has 4 N–H and O–H groups in total. The maximum atomic E-state index is 9.63. The highest BCUT2D eigenvalue weighted by molar-refractivity contribution is 6.31. The van der Waals surface area contributed by atoms with Crippen molar-refractivity contribution < 1.29 is 10.2 Å². The van der Waals surface area contributed by atoms with Crippen LogP contribution in [-0.4, -0.2) is 34.5 Å². The summed E-state index contributed by atoms with van der Waals surface area (Å²) in [7, 11) is 0. The normalized spacial score (nSPS) is 19.4. The number of nitrogens with one attached hydrogen (secondary N) is 2. The number of aromatic nitrogens is 1. The van der Waals surface area contributed by atoms with E-state index < -0.39 is 6.10 Å². The number of halogens is 2. The average molecular weight is 317 g/mol. The molecule has 4 nitrogen and oxygen atoms in total. The lowest BCUT2D eigenvalue weighted by atomic mass is 9.96. The molecular formula is C14H18Cl2N2O2. The van der Waals surface area contributed by atoms with Gasteiger partial charge in [0, 0.05) is 21.6 Å². The molecule has 0 saturated carbocycles. The van der Waals surface area contributed by atoms with Crippen LogP contribution >= 0.6 is 24.0 Å². The van der Waals surface area contributed by atoms with Crippen molar-refractivity contribution in [2.24, 2.45) is 0 Å². The summed E-state index contributed by atoms with van der Waals surface area (Å²) in [5, 5.41) is 23.9. The van der Waals surface area contributed by atoms with Gasteiger partial charge in [-0.1, -0.05) is 11.6 Å². The summed E-state index contributed by atoms with van der Waals surface area (Å²) in [6.45, 7) is 0.662. The zero-order chi connectivity index (χ0) is 13.4. The first-order chi connectivity index (χ1) is 9.19. The van der Waals surface area contributed by atoms with Crippen LogP contribution in [0.3, 0.4) is 0 Å². The smallest absolute Gasteiger partial charge is 0.0789 e. The predicted octanol–water partition coefficient (Wildman–Crippen LogP) is 2.17. The lowest BCUT2D eigenvalue weighted by molar-refractivity contribution is 0.0780. The zero-order valence-corrected chi connectivity index (χ0v) is 12.5. The summed E-state index contributed by atoms with van der Waals surface area (Å²) in [4.78, 5) is 3.41. The molecule has 1 aliphatic heterocycles. The third kappa shape index (κ3) is 2.80. The van der Waals surface area contributed by atoms with Crippen LogP contribution in [0.2, 0.25) is 5.02 Å². The van der Waals surface area contributed by atoms with E-state index in [-0.39, 0.29) is 25.1 Å². The average Bonchev–Trinajstić information content (AvgIpc) is 2.78. The van der Waals surface area contributed by atoms with Crippen LogP contribution in [0, 0.1) is 0 Å². The van der Waals surface area contributed by atoms with Crippen LogP contribution in [0.25, 0.3) is 10.9 Å². The number of rotatable bonds is 3. The first kappa shape index (κ1) is 15.6. The van der Waals surface area contributed by atoms with E-state index in [1.54, 1.807) is 0 Å². The van der Waals surface area contributed by atoms with E-state index in [0.717, 1.165) is 34.6 Å². The number of aliphatic hydroxyl groups excluding tert-OH is 2. The molecule has 1 aromatic heterocycles. The first-order valence-corrected chi connectivity index (χ1v) is 6.89. The summed E-state index contributed by atoms with van der Waals surface area (Å²) in [6, 6.07) is 5.89. The van der Waals surface area contributed by atoms with Crippen LogP contribution in [0.4, 0.5) is 0 Å². The van der Waals surface area contributed by atoms with Gasteiger partial charge in [0.05, 0.1) is 18.8 Å². The summed E-state index contributed by atoms with van der Waals surface area (Å²) in [6.07, 6.45) is 0.754. The standard InChI is InChI=1S/C14H17ClN2O2.ClH/c15-8-1-2-12-11(5-8)10-3-4-16-13(14(10)17-12)6-9(19)7-18;/h1-2,5,9,13,16-19H,3-4,6-7H2;1H/t9-,13+;/m0./s1. The van der Waals surface area contributed by atoms with Gasteiger partial charge in [-0.25, -0.2) is 0 Å². The molecule has 2 aromatic rings. The molecular weight excluding hydrogens is 299 g/mol. The number of H-pyrrole nitrogens is 1. The minimum absolute atomic E-state index is 0. The summed E-state index contributed by atoms with van der Waals surface area (Å²) in [5.41, 5.74) is 3.45. The fourth-order valence-corrected chi connectivity index (χ4v) is 3.00. The van der Waals surface area contributed by atoms with Crippen molar-refractivity contribution in [2.75, 3.05) is 13.2 Å². The summed E-state index contributed by atoms with van der Waals surface area (Å²) >= 11 is 6.06. The highest BCUT2D eigenvalue weighted by Gasteiger charge is 2.25. The van der Waals surface area contributed by atoms with E-state index >= 15 is 0 Å². The van der Waals surface area contributed by atoms with Crippen molar-refractivity contribution >= 4 is 34.9 Å². The molecule has 3 rings (SSSR count). The predicted molar refractivity (Wildman–Crippen MR) is 82.7 cm³/mol. The Bertz CT molecular complexity index is 600. The monoisotopic (exact) mass is 316 g/mol. The molecule has 0 fully saturated rings. The molecule has 20 heavy (non-hydrogen) atoms. The molecule has 6 heteroatoms. The SMILES string of the molecule is Cl.OC[C@@H](O)C[C@H]1NCCc2c1[nH]c1ccc(Cl)cc21. The van der Waals surface area contributed by atoms with Crippen molar-refractivity contribution in [2.45, 2.75) is 25.0 Å². The number of hydrogen-bond acceptors (Lipinski definition) is 3. The Labute approximate surface area is 128 Å². The largest absolute Gasteiger partial charge is 0.394 e. The van der Waals surface area contributed by atoms with Crippen LogP contribution in [-0.2, 0) is 6.42 Å². The Morgan fingerprint density at radius 2 is 2.20 bits per heavy atom. The topological polar surface area (TPSA) is 68.3 Å². The molecule has 1 aromatic carbocycles. The minimum Gasteiger partial charge on any atom is -0.394 e. The number of fused-ring (bicyclic) bond motifs is 3. The molecule has 0 saturated heterocycles. The van der Waals surface area contributed by atoms with Crippen molar-refractivity contribution in [3.8, 4) is 0 Å². The van der Waals surface area contributed by atoms with Gasteiger partial charge >= 0.3 is 0 Å². The molecule has 0 unspecified atom stereocenters. The molecule has 0 spiro atoms.